The van der Waals surface area contributed by atoms with Crippen molar-refractivity contribution in [2.24, 2.45) is 11.7 Å². The van der Waals surface area contributed by atoms with E-state index in [1.165, 1.54) is 0 Å². The number of nitrogens with two attached hydrogens (primary N) is 1. The summed E-state index contributed by atoms with van der Waals surface area (Å²) in [5, 5.41) is 0. The lowest BCUT2D eigenvalue weighted by atomic mass is 9.88. The first-order chi connectivity index (χ1) is 8.94. The highest BCUT2D eigenvalue weighted by molar-refractivity contribution is 7.99. The molecule has 2 N–H and O–H groups in total. The smallest absolute Gasteiger partial charge is 0.322 e. The molecule has 2 atom stereocenters. The molecule has 0 radical (unpaired) electrons. The third-order valence-corrected chi connectivity index (χ3v) is 4.49. The number of carbonyl (C=O) groups excluding carboxylic acids is 1. The van der Waals surface area contributed by atoms with E-state index in [4.69, 9.17) is 10.5 Å². The van der Waals surface area contributed by atoms with Gasteiger partial charge in [0.25, 0.3) is 0 Å². The van der Waals surface area contributed by atoms with Crippen molar-refractivity contribution in [1.29, 1.82) is 0 Å². The van der Waals surface area contributed by atoms with E-state index in [1.54, 1.807) is 18.7 Å². The Bertz CT molecular complexity index is 290. The lowest BCUT2D eigenvalue weighted by Crippen LogP contribution is -2.33. The number of ether oxygens (including phenoxy) is 1. The molecular weight excluding hydrogens is 272 g/mol. The molecule has 1 aliphatic carbocycles. The number of hydrogen-bond acceptors (Lipinski definition) is 4. The molecule has 0 aromatic rings. The Hall–Kier alpha value is -0.360. The summed E-state index contributed by atoms with van der Waals surface area (Å²) in [4.78, 5) is 11.3. The fraction of sp³-hybridized carbons (Fsp3) is 0.923. The van der Waals surface area contributed by atoms with Gasteiger partial charge in [0, 0.05) is 12.8 Å². The van der Waals surface area contributed by atoms with Crippen LogP contribution in [0.4, 0.5) is 8.78 Å². The minimum absolute atomic E-state index is 0.00390. The van der Waals surface area contributed by atoms with Crippen LogP contribution in [0.25, 0.3) is 0 Å². The SMILES string of the molecule is CCOC(=O)C(N)CCSCC1CCCC(F)(F)C1. The van der Waals surface area contributed by atoms with Crippen molar-refractivity contribution in [2.75, 3.05) is 18.1 Å². The molecule has 3 nitrogen and oxygen atoms in total. The van der Waals surface area contributed by atoms with Crippen molar-refractivity contribution in [3.63, 3.8) is 0 Å². The van der Waals surface area contributed by atoms with E-state index in [0.29, 0.717) is 25.2 Å². The summed E-state index contributed by atoms with van der Waals surface area (Å²) >= 11 is 1.60. The number of hydrogen-bond donors (Lipinski definition) is 1. The average Bonchev–Trinajstić information content (AvgIpc) is 2.33. The predicted molar refractivity (Wildman–Crippen MR) is 73.5 cm³/mol. The van der Waals surface area contributed by atoms with E-state index < -0.39 is 12.0 Å². The van der Waals surface area contributed by atoms with E-state index in [0.717, 1.165) is 12.2 Å². The maximum atomic E-state index is 13.2. The molecule has 6 heteroatoms. The molecular formula is C13H23F2NO2S. The minimum atomic E-state index is -2.48. The zero-order chi connectivity index (χ0) is 14.3. The van der Waals surface area contributed by atoms with Crippen molar-refractivity contribution in [3.05, 3.63) is 0 Å². The Morgan fingerprint density at radius 1 is 1.58 bits per heavy atom. The van der Waals surface area contributed by atoms with E-state index in [9.17, 15) is 13.6 Å². The second-order valence-electron chi connectivity index (χ2n) is 5.04. The molecule has 1 aliphatic rings. The minimum Gasteiger partial charge on any atom is -0.465 e. The number of esters is 1. The van der Waals surface area contributed by atoms with Crippen LogP contribution in [0.3, 0.4) is 0 Å². The Labute approximate surface area is 117 Å². The van der Waals surface area contributed by atoms with Crippen LogP contribution < -0.4 is 5.73 Å². The third kappa shape index (κ3) is 6.56. The second kappa shape index (κ2) is 8.04. The number of rotatable bonds is 7. The van der Waals surface area contributed by atoms with Crippen LogP contribution >= 0.6 is 11.8 Å². The molecule has 0 aromatic carbocycles. The Morgan fingerprint density at radius 3 is 2.95 bits per heavy atom. The summed E-state index contributed by atoms with van der Waals surface area (Å²) in [6.45, 7) is 2.07. The summed E-state index contributed by atoms with van der Waals surface area (Å²) < 4.78 is 31.2. The van der Waals surface area contributed by atoms with E-state index in [1.807, 2.05) is 0 Å². The lowest BCUT2D eigenvalue weighted by molar-refractivity contribution is -0.144. The van der Waals surface area contributed by atoms with Gasteiger partial charge in [-0.05, 0) is 43.6 Å². The molecule has 112 valence electrons. The third-order valence-electron chi connectivity index (χ3n) is 3.26. The quantitative estimate of drug-likeness (QED) is 0.579. The van der Waals surface area contributed by atoms with E-state index in [-0.39, 0.29) is 24.7 Å². The van der Waals surface area contributed by atoms with Crippen molar-refractivity contribution >= 4 is 17.7 Å². The Balaban J connectivity index is 2.12. The highest BCUT2D eigenvalue weighted by atomic mass is 32.2. The van der Waals surface area contributed by atoms with Crippen molar-refractivity contribution in [2.45, 2.75) is 51.0 Å². The van der Waals surface area contributed by atoms with Crippen LogP contribution in [0.2, 0.25) is 0 Å². The number of alkyl halides is 2. The summed E-state index contributed by atoms with van der Waals surface area (Å²) in [7, 11) is 0. The van der Waals surface area contributed by atoms with Gasteiger partial charge in [-0.1, -0.05) is 0 Å². The van der Waals surface area contributed by atoms with Crippen molar-refractivity contribution < 1.29 is 18.3 Å². The van der Waals surface area contributed by atoms with Gasteiger partial charge in [-0.2, -0.15) is 11.8 Å². The Kier molecular flexibility index (Phi) is 7.07. The van der Waals surface area contributed by atoms with E-state index in [2.05, 4.69) is 0 Å². The van der Waals surface area contributed by atoms with E-state index >= 15 is 0 Å². The monoisotopic (exact) mass is 295 g/mol. The van der Waals surface area contributed by atoms with Gasteiger partial charge in [0.2, 0.25) is 5.92 Å². The molecule has 0 spiro atoms. The molecule has 0 saturated heterocycles. The maximum Gasteiger partial charge on any atom is 0.322 e. The van der Waals surface area contributed by atoms with Gasteiger partial charge in [-0.15, -0.1) is 0 Å². The summed E-state index contributed by atoms with van der Waals surface area (Å²) in [6.07, 6.45) is 2.06. The zero-order valence-corrected chi connectivity index (χ0v) is 12.2. The van der Waals surface area contributed by atoms with Crippen LogP contribution in [-0.2, 0) is 9.53 Å². The highest BCUT2D eigenvalue weighted by Crippen LogP contribution is 2.37. The van der Waals surface area contributed by atoms with Gasteiger partial charge in [-0.3, -0.25) is 4.79 Å². The average molecular weight is 295 g/mol. The van der Waals surface area contributed by atoms with Crippen LogP contribution in [0, 0.1) is 5.92 Å². The summed E-state index contributed by atoms with van der Waals surface area (Å²) in [5.41, 5.74) is 5.66. The number of halogens is 2. The van der Waals surface area contributed by atoms with Crippen LogP contribution in [0.15, 0.2) is 0 Å². The fourth-order valence-corrected chi connectivity index (χ4v) is 3.45. The number of thioether (sulfide) groups is 1. The molecule has 0 amide bonds. The molecule has 0 aromatic heterocycles. The molecule has 0 heterocycles. The van der Waals surface area contributed by atoms with Crippen LogP contribution in [0.5, 0.6) is 0 Å². The van der Waals surface area contributed by atoms with Gasteiger partial charge in [0.05, 0.1) is 6.61 Å². The zero-order valence-electron chi connectivity index (χ0n) is 11.4. The predicted octanol–water partition coefficient (Wildman–Crippen LogP) is 2.83. The molecule has 1 rings (SSSR count). The van der Waals surface area contributed by atoms with Gasteiger partial charge < -0.3 is 10.5 Å². The second-order valence-corrected chi connectivity index (χ2v) is 6.19. The molecule has 2 unspecified atom stereocenters. The molecule has 1 fully saturated rings. The van der Waals surface area contributed by atoms with Crippen molar-refractivity contribution in [1.82, 2.24) is 0 Å². The number of carbonyl (C=O) groups is 1. The normalized spacial score (nSPS) is 23.9. The first-order valence-corrected chi connectivity index (χ1v) is 7.98. The summed E-state index contributed by atoms with van der Waals surface area (Å²) in [6, 6.07) is -0.597. The molecule has 19 heavy (non-hydrogen) atoms. The van der Waals surface area contributed by atoms with Gasteiger partial charge >= 0.3 is 5.97 Å². The molecule has 0 bridgehead atoms. The molecule has 0 aliphatic heterocycles. The lowest BCUT2D eigenvalue weighted by Gasteiger charge is -2.28. The fourth-order valence-electron chi connectivity index (χ4n) is 2.25. The first-order valence-electron chi connectivity index (χ1n) is 6.82. The topological polar surface area (TPSA) is 52.3 Å². The largest absolute Gasteiger partial charge is 0.465 e. The van der Waals surface area contributed by atoms with Gasteiger partial charge in [-0.25, -0.2) is 8.78 Å². The van der Waals surface area contributed by atoms with Crippen LogP contribution in [-0.4, -0.2) is 36.0 Å². The Morgan fingerprint density at radius 2 is 2.32 bits per heavy atom. The maximum absolute atomic E-state index is 13.2. The summed E-state index contributed by atoms with van der Waals surface area (Å²) in [5.74, 6) is -1.34. The molecule has 1 saturated carbocycles. The highest BCUT2D eigenvalue weighted by Gasteiger charge is 2.35. The van der Waals surface area contributed by atoms with Crippen molar-refractivity contribution in [3.8, 4) is 0 Å². The van der Waals surface area contributed by atoms with Gasteiger partial charge in [0.1, 0.15) is 6.04 Å². The first kappa shape index (κ1) is 16.7. The van der Waals surface area contributed by atoms with Gasteiger partial charge in [0.15, 0.2) is 0 Å². The van der Waals surface area contributed by atoms with Crippen LogP contribution in [0.1, 0.15) is 39.0 Å². The standard InChI is InChI=1S/C13H23F2NO2S/c1-2-18-12(17)11(16)5-7-19-9-10-4-3-6-13(14,15)8-10/h10-11H,2-9,16H2,1H3.